The van der Waals surface area contributed by atoms with E-state index in [1.807, 2.05) is 18.2 Å². The van der Waals surface area contributed by atoms with Gasteiger partial charge in [-0.3, -0.25) is 0 Å². The molecule has 3 heteroatoms. The van der Waals surface area contributed by atoms with E-state index in [9.17, 15) is 4.79 Å². The Kier molecular flexibility index (Phi) is 3.26. The van der Waals surface area contributed by atoms with Crippen LogP contribution in [-0.4, -0.2) is 6.08 Å². The van der Waals surface area contributed by atoms with Crippen LogP contribution in [-0.2, 0) is 9.22 Å². The number of alkyl halides is 1. The summed E-state index contributed by atoms with van der Waals surface area (Å²) in [4.78, 5) is 13.4. The first-order valence-electron chi connectivity index (χ1n) is 3.09. The van der Waals surface area contributed by atoms with Crippen molar-refractivity contribution in [2.45, 2.75) is 4.43 Å². The summed E-state index contributed by atoms with van der Waals surface area (Å²) in [6.07, 6.45) is 1.51. The first-order chi connectivity index (χ1) is 5.36. The quantitative estimate of drug-likeness (QED) is 0.347. The fraction of sp³-hybridized carbons (Fsp3) is 0.125. The van der Waals surface area contributed by atoms with E-state index in [2.05, 4.69) is 27.6 Å². The number of halogens is 1. The third kappa shape index (κ3) is 2.44. The van der Waals surface area contributed by atoms with Gasteiger partial charge in [0.2, 0.25) is 6.08 Å². The van der Waals surface area contributed by atoms with Gasteiger partial charge in [-0.2, -0.15) is 4.99 Å². The number of benzene rings is 1. The van der Waals surface area contributed by atoms with Crippen LogP contribution in [0.4, 0.5) is 5.69 Å². The molecule has 1 aromatic carbocycles. The Labute approximate surface area is 78.5 Å². The lowest BCUT2D eigenvalue weighted by Crippen LogP contribution is -1.73. The van der Waals surface area contributed by atoms with Crippen LogP contribution in [0.25, 0.3) is 0 Å². The number of isocyanates is 1. The predicted molar refractivity (Wildman–Crippen MR) is 51.9 cm³/mol. The molecule has 0 radical (unpaired) electrons. The zero-order valence-electron chi connectivity index (χ0n) is 5.75. The highest BCUT2D eigenvalue weighted by Crippen LogP contribution is 2.15. The average Bonchev–Trinajstić information content (AvgIpc) is 2.06. The average molecular weight is 259 g/mol. The zero-order chi connectivity index (χ0) is 8.10. The maximum Gasteiger partial charge on any atom is 0.240 e. The van der Waals surface area contributed by atoms with Gasteiger partial charge in [0.25, 0.3) is 0 Å². The fourth-order valence-electron chi connectivity index (χ4n) is 0.762. The van der Waals surface area contributed by atoms with Crippen LogP contribution in [0.1, 0.15) is 5.56 Å². The molecule has 0 heterocycles. The van der Waals surface area contributed by atoms with Gasteiger partial charge in [0.15, 0.2) is 0 Å². The van der Waals surface area contributed by atoms with E-state index >= 15 is 0 Å². The lowest BCUT2D eigenvalue weighted by atomic mass is 10.2. The molecule has 0 N–H and O–H groups in total. The Balaban J connectivity index is 3.00. The summed E-state index contributed by atoms with van der Waals surface area (Å²) in [6, 6.07) is 7.53. The molecule has 0 fully saturated rings. The number of nitrogens with zero attached hydrogens (tertiary/aromatic N) is 1. The number of carbonyl (C=O) groups excluding carboxylic acids is 1. The Hall–Kier alpha value is -0.670. The highest BCUT2D eigenvalue weighted by molar-refractivity contribution is 14.1. The van der Waals surface area contributed by atoms with Gasteiger partial charge in [-0.25, -0.2) is 4.79 Å². The van der Waals surface area contributed by atoms with Crippen LogP contribution in [0.3, 0.4) is 0 Å². The molecule has 0 aliphatic heterocycles. The summed E-state index contributed by atoms with van der Waals surface area (Å²) in [6.45, 7) is 0. The largest absolute Gasteiger partial charge is 0.240 e. The standard InChI is InChI=1S/C8H6INO/c9-5-7-2-1-3-8(4-7)10-6-11/h1-4H,5H2. The highest BCUT2D eigenvalue weighted by Gasteiger charge is 1.90. The molecule has 0 bridgehead atoms. The van der Waals surface area contributed by atoms with Crippen molar-refractivity contribution < 1.29 is 4.79 Å². The number of rotatable bonds is 2. The molecule has 0 amide bonds. The second kappa shape index (κ2) is 4.26. The maximum absolute atomic E-state index is 9.88. The van der Waals surface area contributed by atoms with E-state index in [-0.39, 0.29) is 0 Å². The molecule has 0 unspecified atom stereocenters. The van der Waals surface area contributed by atoms with E-state index in [0.717, 1.165) is 4.43 Å². The number of aliphatic imine (C=N–C) groups is 1. The van der Waals surface area contributed by atoms with Crippen LogP contribution in [0, 0.1) is 0 Å². The molecule has 0 aromatic heterocycles. The monoisotopic (exact) mass is 259 g/mol. The van der Waals surface area contributed by atoms with Crippen LogP contribution in [0.15, 0.2) is 29.3 Å². The molecule has 0 aliphatic rings. The van der Waals surface area contributed by atoms with E-state index < -0.39 is 0 Å². The minimum absolute atomic E-state index is 0.675. The van der Waals surface area contributed by atoms with Crippen molar-refractivity contribution in [3.05, 3.63) is 29.8 Å². The lowest BCUT2D eigenvalue weighted by molar-refractivity contribution is 0.565. The van der Waals surface area contributed by atoms with Crippen molar-refractivity contribution in [1.82, 2.24) is 0 Å². The van der Waals surface area contributed by atoms with Gasteiger partial charge < -0.3 is 0 Å². The van der Waals surface area contributed by atoms with Crippen molar-refractivity contribution in [2.75, 3.05) is 0 Å². The van der Waals surface area contributed by atoms with Gasteiger partial charge in [-0.15, -0.1) is 0 Å². The first kappa shape index (κ1) is 8.43. The molecule has 0 saturated heterocycles. The van der Waals surface area contributed by atoms with E-state index in [1.54, 1.807) is 6.07 Å². The Bertz CT molecular complexity index is 292. The maximum atomic E-state index is 9.88. The Morgan fingerprint density at radius 2 is 2.36 bits per heavy atom. The topological polar surface area (TPSA) is 29.4 Å². The normalized spacial score (nSPS) is 8.82. The second-order valence-corrected chi connectivity index (χ2v) is 2.77. The molecule has 11 heavy (non-hydrogen) atoms. The van der Waals surface area contributed by atoms with Crippen molar-refractivity contribution in [3.8, 4) is 0 Å². The molecule has 0 saturated carbocycles. The van der Waals surface area contributed by atoms with Gasteiger partial charge >= 0.3 is 0 Å². The van der Waals surface area contributed by atoms with Gasteiger partial charge in [-0.1, -0.05) is 34.7 Å². The molecule has 1 aromatic rings. The minimum Gasteiger partial charge on any atom is -0.211 e. The second-order valence-electron chi connectivity index (χ2n) is 2.01. The molecule has 0 aliphatic carbocycles. The van der Waals surface area contributed by atoms with Crippen LogP contribution in [0.2, 0.25) is 0 Å². The first-order valence-corrected chi connectivity index (χ1v) is 4.62. The van der Waals surface area contributed by atoms with E-state index in [0.29, 0.717) is 5.69 Å². The molecule has 0 atom stereocenters. The molecule has 2 nitrogen and oxygen atoms in total. The van der Waals surface area contributed by atoms with E-state index in [4.69, 9.17) is 0 Å². The van der Waals surface area contributed by atoms with Crippen molar-refractivity contribution >= 4 is 34.4 Å². The van der Waals surface area contributed by atoms with Crippen LogP contribution in [0.5, 0.6) is 0 Å². The van der Waals surface area contributed by atoms with Gasteiger partial charge in [0, 0.05) is 4.43 Å². The summed E-state index contributed by atoms with van der Waals surface area (Å²) in [5.74, 6) is 0. The van der Waals surface area contributed by atoms with Crippen molar-refractivity contribution in [2.24, 2.45) is 4.99 Å². The summed E-state index contributed by atoms with van der Waals surface area (Å²) < 4.78 is 0.931. The molecular formula is C8H6INO. The van der Waals surface area contributed by atoms with Gasteiger partial charge in [-0.05, 0) is 17.7 Å². The Morgan fingerprint density at radius 3 is 3.00 bits per heavy atom. The molecule has 0 spiro atoms. The summed E-state index contributed by atoms with van der Waals surface area (Å²) in [7, 11) is 0. The Morgan fingerprint density at radius 1 is 1.55 bits per heavy atom. The number of hydrogen-bond acceptors (Lipinski definition) is 2. The predicted octanol–water partition coefficient (Wildman–Crippen LogP) is 2.59. The smallest absolute Gasteiger partial charge is 0.211 e. The fourth-order valence-corrected chi connectivity index (χ4v) is 1.24. The molecular weight excluding hydrogens is 253 g/mol. The van der Waals surface area contributed by atoms with Gasteiger partial charge in [0.1, 0.15) is 0 Å². The molecule has 1 rings (SSSR count). The van der Waals surface area contributed by atoms with Crippen LogP contribution >= 0.6 is 22.6 Å². The summed E-state index contributed by atoms with van der Waals surface area (Å²) in [5, 5.41) is 0. The van der Waals surface area contributed by atoms with Gasteiger partial charge in [0.05, 0.1) is 5.69 Å². The van der Waals surface area contributed by atoms with Crippen LogP contribution < -0.4 is 0 Å². The highest BCUT2D eigenvalue weighted by atomic mass is 127. The van der Waals surface area contributed by atoms with E-state index in [1.165, 1.54) is 11.6 Å². The lowest BCUT2D eigenvalue weighted by Gasteiger charge is -1.94. The zero-order valence-corrected chi connectivity index (χ0v) is 7.91. The summed E-state index contributed by atoms with van der Waals surface area (Å²) in [5.41, 5.74) is 1.84. The third-order valence-electron chi connectivity index (χ3n) is 1.24. The molecule has 56 valence electrons. The van der Waals surface area contributed by atoms with Crippen molar-refractivity contribution in [1.29, 1.82) is 0 Å². The SMILES string of the molecule is O=C=Nc1cccc(CI)c1. The number of hydrogen-bond donors (Lipinski definition) is 0. The van der Waals surface area contributed by atoms with Crippen molar-refractivity contribution in [3.63, 3.8) is 0 Å². The summed E-state index contributed by atoms with van der Waals surface area (Å²) >= 11 is 2.26. The third-order valence-corrected chi connectivity index (χ3v) is 2.12. The minimum atomic E-state index is 0.675.